The largest absolute Gasteiger partial charge is 0.378 e. The first-order chi connectivity index (χ1) is 10.7. The number of aromatic nitrogens is 3. The predicted molar refractivity (Wildman–Crippen MR) is 85.4 cm³/mol. The molecule has 0 amide bonds. The Morgan fingerprint density at radius 2 is 2.32 bits per heavy atom. The Hall–Kier alpha value is -1.86. The molecule has 0 spiro atoms. The van der Waals surface area contributed by atoms with Crippen LogP contribution in [0.5, 0.6) is 0 Å². The van der Waals surface area contributed by atoms with Crippen LogP contribution in [0, 0.1) is 0 Å². The van der Waals surface area contributed by atoms with Crippen molar-refractivity contribution in [3.8, 4) is 0 Å². The van der Waals surface area contributed by atoms with E-state index in [-0.39, 0.29) is 5.56 Å². The molecule has 0 saturated carbocycles. The van der Waals surface area contributed by atoms with E-state index in [9.17, 15) is 4.79 Å². The summed E-state index contributed by atoms with van der Waals surface area (Å²) in [6, 6.07) is 2.08. The molecule has 0 aliphatic carbocycles. The van der Waals surface area contributed by atoms with E-state index in [2.05, 4.69) is 22.1 Å². The summed E-state index contributed by atoms with van der Waals surface area (Å²) in [5, 5.41) is 3.41. The average Bonchev–Trinajstić information content (AvgIpc) is 2.95. The van der Waals surface area contributed by atoms with Crippen LogP contribution >= 0.6 is 0 Å². The molecule has 1 N–H and O–H groups in total. The SMILES string of the molecule is CCC1CNCCN1c1cc(=O)n(C)n2cc(COC)nc12. The fourth-order valence-corrected chi connectivity index (χ4v) is 3.07. The lowest BCUT2D eigenvalue weighted by Crippen LogP contribution is -2.51. The number of aryl methyl sites for hydroxylation is 1. The van der Waals surface area contributed by atoms with Gasteiger partial charge in [-0.25, -0.2) is 14.2 Å². The molecule has 2 aromatic heterocycles. The van der Waals surface area contributed by atoms with Crippen LogP contribution in [0.3, 0.4) is 0 Å². The Labute approximate surface area is 129 Å². The topological polar surface area (TPSA) is 63.8 Å². The zero-order valence-corrected chi connectivity index (χ0v) is 13.4. The van der Waals surface area contributed by atoms with Gasteiger partial charge in [-0.3, -0.25) is 4.79 Å². The van der Waals surface area contributed by atoms with Crippen molar-refractivity contribution in [1.29, 1.82) is 0 Å². The van der Waals surface area contributed by atoms with Gasteiger partial charge in [0.15, 0.2) is 5.65 Å². The highest BCUT2D eigenvalue weighted by molar-refractivity contribution is 5.69. The Balaban J connectivity index is 2.15. The summed E-state index contributed by atoms with van der Waals surface area (Å²) >= 11 is 0. The van der Waals surface area contributed by atoms with Gasteiger partial charge in [-0.2, -0.15) is 0 Å². The minimum absolute atomic E-state index is 0.0303. The van der Waals surface area contributed by atoms with Crippen LogP contribution in [0.1, 0.15) is 19.0 Å². The van der Waals surface area contributed by atoms with Crippen molar-refractivity contribution in [2.24, 2.45) is 7.05 Å². The monoisotopic (exact) mass is 305 g/mol. The van der Waals surface area contributed by atoms with Crippen LogP contribution in [-0.2, 0) is 18.4 Å². The maximum absolute atomic E-state index is 12.3. The number of nitrogens with zero attached hydrogens (tertiary/aromatic N) is 4. The van der Waals surface area contributed by atoms with E-state index in [0.29, 0.717) is 12.6 Å². The van der Waals surface area contributed by atoms with Gasteiger partial charge in [0, 0.05) is 45.9 Å². The highest BCUT2D eigenvalue weighted by Crippen LogP contribution is 2.23. The summed E-state index contributed by atoms with van der Waals surface area (Å²) in [4.78, 5) is 19.3. The molecular weight excluding hydrogens is 282 g/mol. The van der Waals surface area contributed by atoms with Crippen LogP contribution in [0.4, 0.5) is 5.69 Å². The molecule has 1 fully saturated rings. The minimum atomic E-state index is -0.0303. The third-order valence-corrected chi connectivity index (χ3v) is 4.29. The molecule has 22 heavy (non-hydrogen) atoms. The van der Waals surface area contributed by atoms with Crippen LogP contribution in [0.25, 0.3) is 5.65 Å². The zero-order valence-electron chi connectivity index (χ0n) is 13.4. The highest BCUT2D eigenvalue weighted by atomic mass is 16.5. The molecule has 2 aromatic rings. The molecule has 1 unspecified atom stereocenters. The van der Waals surface area contributed by atoms with Gasteiger partial charge in [0.05, 0.1) is 24.2 Å². The van der Waals surface area contributed by atoms with Crippen molar-refractivity contribution in [3.05, 3.63) is 28.3 Å². The van der Waals surface area contributed by atoms with Crippen molar-refractivity contribution in [1.82, 2.24) is 19.5 Å². The molecule has 3 heterocycles. The van der Waals surface area contributed by atoms with Gasteiger partial charge in [0.2, 0.25) is 0 Å². The molecule has 3 rings (SSSR count). The number of methoxy groups -OCH3 is 1. The number of piperazine rings is 1. The number of hydrogen-bond donors (Lipinski definition) is 1. The molecule has 120 valence electrons. The second kappa shape index (κ2) is 6.10. The van der Waals surface area contributed by atoms with Crippen LogP contribution in [0.2, 0.25) is 0 Å². The lowest BCUT2D eigenvalue weighted by atomic mass is 10.1. The first kappa shape index (κ1) is 15.1. The van der Waals surface area contributed by atoms with Gasteiger partial charge in [-0.15, -0.1) is 0 Å². The maximum Gasteiger partial charge on any atom is 0.267 e. The molecule has 1 aliphatic heterocycles. The molecule has 0 radical (unpaired) electrons. The molecule has 7 heteroatoms. The van der Waals surface area contributed by atoms with E-state index < -0.39 is 0 Å². The van der Waals surface area contributed by atoms with E-state index in [0.717, 1.165) is 43.1 Å². The third-order valence-electron chi connectivity index (χ3n) is 4.29. The molecule has 1 aliphatic rings. The van der Waals surface area contributed by atoms with Gasteiger partial charge >= 0.3 is 0 Å². The maximum atomic E-state index is 12.3. The van der Waals surface area contributed by atoms with Crippen LogP contribution < -0.4 is 15.8 Å². The zero-order chi connectivity index (χ0) is 15.7. The van der Waals surface area contributed by atoms with Crippen molar-refractivity contribution in [2.45, 2.75) is 26.0 Å². The van der Waals surface area contributed by atoms with Crippen molar-refractivity contribution < 1.29 is 4.74 Å². The summed E-state index contributed by atoms with van der Waals surface area (Å²) in [5.74, 6) is 0. The Bertz CT molecular complexity index is 721. The average molecular weight is 305 g/mol. The lowest BCUT2D eigenvalue weighted by molar-refractivity contribution is 0.182. The molecule has 0 aromatic carbocycles. The Kier molecular flexibility index (Phi) is 4.17. The van der Waals surface area contributed by atoms with E-state index in [1.165, 1.54) is 0 Å². The molecule has 1 saturated heterocycles. The molecular formula is C15H23N5O2. The number of anilines is 1. The van der Waals surface area contributed by atoms with Gasteiger partial charge in [0.25, 0.3) is 5.56 Å². The number of nitrogens with one attached hydrogen (secondary N) is 1. The summed E-state index contributed by atoms with van der Waals surface area (Å²) in [5.41, 5.74) is 2.53. The first-order valence-corrected chi connectivity index (χ1v) is 7.70. The van der Waals surface area contributed by atoms with Crippen molar-refractivity contribution >= 4 is 11.3 Å². The van der Waals surface area contributed by atoms with Gasteiger partial charge in [-0.05, 0) is 6.42 Å². The number of imidazole rings is 1. The van der Waals surface area contributed by atoms with Crippen LogP contribution in [-0.4, -0.2) is 47.0 Å². The molecule has 0 bridgehead atoms. The molecule has 1 atom stereocenters. The number of rotatable bonds is 4. The predicted octanol–water partition coefficient (Wildman–Crippen LogP) is 0.368. The van der Waals surface area contributed by atoms with Gasteiger partial charge in [0.1, 0.15) is 0 Å². The standard InChI is InChI=1S/C15H23N5O2/c1-4-12-8-16-5-6-19(12)13-7-14(21)18(2)20-9-11(10-22-3)17-15(13)20/h7,9,12,16H,4-6,8,10H2,1-3H3. The van der Waals surface area contributed by atoms with E-state index in [1.807, 2.05) is 10.7 Å². The summed E-state index contributed by atoms with van der Waals surface area (Å²) in [6.45, 7) is 5.35. The Morgan fingerprint density at radius 1 is 1.50 bits per heavy atom. The summed E-state index contributed by atoms with van der Waals surface area (Å²) in [7, 11) is 3.40. The number of fused-ring (bicyclic) bond motifs is 1. The smallest absolute Gasteiger partial charge is 0.267 e. The first-order valence-electron chi connectivity index (χ1n) is 7.70. The van der Waals surface area contributed by atoms with E-state index in [4.69, 9.17) is 4.74 Å². The van der Waals surface area contributed by atoms with E-state index >= 15 is 0 Å². The normalized spacial score (nSPS) is 19.0. The highest BCUT2D eigenvalue weighted by Gasteiger charge is 2.24. The van der Waals surface area contributed by atoms with Gasteiger partial charge < -0.3 is 15.0 Å². The quantitative estimate of drug-likeness (QED) is 0.884. The Morgan fingerprint density at radius 3 is 3.05 bits per heavy atom. The summed E-state index contributed by atoms with van der Waals surface area (Å²) in [6.07, 6.45) is 2.90. The second-order valence-electron chi connectivity index (χ2n) is 5.68. The number of hydrogen-bond acceptors (Lipinski definition) is 5. The van der Waals surface area contributed by atoms with Crippen molar-refractivity contribution in [3.63, 3.8) is 0 Å². The van der Waals surface area contributed by atoms with Gasteiger partial charge in [-0.1, -0.05) is 6.92 Å². The lowest BCUT2D eigenvalue weighted by Gasteiger charge is -2.37. The molecule has 7 nitrogen and oxygen atoms in total. The fraction of sp³-hybridized carbons (Fsp3) is 0.600. The van der Waals surface area contributed by atoms with E-state index in [1.54, 1.807) is 24.9 Å². The number of ether oxygens (including phenoxy) is 1. The van der Waals surface area contributed by atoms with Crippen molar-refractivity contribution in [2.75, 3.05) is 31.6 Å². The summed E-state index contributed by atoms with van der Waals surface area (Å²) < 4.78 is 8.57. The fourth-order valence-electron chi connectivity index (χ4n) is 3.07. The third kappa shape index (κ3) is 2.50. The minimum Gasteiger partial charge on any atom is -0.378 e. The van der Waals surface area contributed by atoms with Crippen LogP contribution in [0.15, 0.2) is 17.1 Å². The second-order valence-corrected chi connectivity index (χ2v) is 5.68.